The van der Waals surface area contributed by atoms with Crippen LogP contribution in [0.5, 0.6) is 0 Å². The van der Waals surface area contributed by atoms with E-state index in [1.54, 1.807) is 24.3 Å². The number of hydrogen-bond donors (Lipinski definition) is 1. The van der Waals surface area contributed by atoms with Crippen LogP contribution in [0.4, 0.5) is 0 Å². The van der Waals surface area contributed by atoms with Gasteiger partial charge in [-0.25, -0.2) is 13.1 Å². The van der Waals surface area contributed by atoms with E-state index in [0.717, 1.165) is 30.3 Å². The van der Waals surface area contributed by atoms with Crippen molar-refractivity contribution in [2.24, 2.45) is 0 Å². The van der Waals surface area contributed by atoms with Crippen molar-refractivity contribution in [2.45, 2.75) is 29.1 Å². The van der Waals surface area contributed by atoms with E-state index in [0.29, 0.717) is 11.5 Å². The fraction of sp³-hybridized carbons (Fsp3) is 0.500. The molecule has 1 aromatic carbocycles. The predicted octanol–water partition coefficient (Wildman–Crippen LogP) is 2.04. The summed E-state index contributed by atoms with van der Waals surface area (Å²) in [7, 11) is -3.43. The van der Waals surface area contributed by atoms with E-state index in [9.17, 15) is 8.42 Å². The average molecular weight is 334 g/mol. The normalized spacial score (nSPS) is 20.8. The van der Waals surface area contributed by atoms with Crippen LogP contribution in [0.1, 0.15) is 18.4 Å². The lowest BCUT2D eigenvalue weighted by atomic mass is 10.1. The number of rotatable bonds is 4. The molecule has 0 aromatic heterocycles. The van der Waals surface area contributed by atoms with Crippen LogP contribution in [0.3, 0.4) is 0 Å². The summed E-state index contributed by atoms with van der Waals surface area (Å²) in [5.41, 5.74) is 1.05. The summed E-state index contributed by atoms with van der Waals surface area (Å²) in [6, 6.07) is 6.76. The van der Waals surface area contributed by atoms with Crippen molar-refractivity contribution in [2.75, 3.05) is 13.2 Å². The molecule has 6 heteroatoms. The SMILES string of the molecule is O=S(=O)(NC1CCCOC1)c1ccc(CBr)cc1. The van der Waals surface area contributed by atoms with Gasteiger partial charge in [0.25, 0.3) is 0 Å². The van der Waals surface area contributed by atoms with Crippen molar-refractivity contribution >= 4 is 26.0 Å². The van der Waals surface area contributed by atoms with E-state index in [-0.39, 0.29) is 6.04 Å². The van der Waals surface area contributed by atoms with Crippen molar-refractivity contribution in [1.29, 1.82) is 0 Å². The van der Waals surface area contributed by atoms with Crippen LogP contribution in [0.2, 0.25) is 0 Å². The minimum Gasteiger partial charge on any atom is -0.380 e. The molecule has 1 atom stereocenters. The molecule has 0 radical (unpaired) electrons. The standard InChI is InChI=1S/C12H16BrNO3S/c13-8-10-3-5-12(6-4-10)18(15,16)14-11-2-1-7-17-9-11/h3-6,11,14H,1-2,7-9H2. The first kappa shape index (κ1) is 14.0. The Kier molecular flexibility index (Phi) is 4.77. The number of halogens is 1. The lowest BCUT2D eigenvalue weighted by Crippen LogP contribution is -2.40. The zero-order valence-corrected chi connectivity index (χ0v) is 12.3. The molecule has 0 amide bonds. The fourth-order valence-electron chi connectivity index (χ4n) is 1.88. The smallest absolute Gasteiger partial charge is 0.240 e. The second-order valence-corrected chi connectivity index (χ2v) is 6.59. The molecule has 100 valence electrons. The minimum atomic E-state index is -3.43. The minimum absolute atomic E-state index is 0.111. The summed E-state index contributed by atoms with van der Waals surface area (Å²) in [5.74, 6) is 0. The monoisotopic (exact) mass is 333 g/mol. The van der Waals surface area contributed by atoms with Gasteiger partial charge in [-0.05, 0) is 30.5 Å². The first-order valence-corrected chi connectivity index (χ1v) is 8.47. The van der Waals surface area contributed by atoms with Gasteiger partial charge in [-0.15, -0.1) is 0 Å². The predicted molar refractivity (Wildman–Crippen MR) is 73.2 cm³/mol. The zero-order valence-electron chi connectivity index (χ0n) is 9.93. The third-order valence-corrected chi connectivity index (χ3v) is 5.05. The molecule has 2 rings (SSSR count). The number of benzene rings is 1. The quantitative estimate of drug-likeness (QED) is 0.858. The van der Waals surface area contributed by atoms with Gasteiger partial charge in [0.05, 0.1) is 11.5 Å². The highest BCUT2D eigenvalue weighted by Crippen LogP contribution is 2.15. The van der Waals surface area contributed by atoms with Crippen molar-refractivity contribution in [1.82, 2.24) is 4.72 Å². The van der Waals surface area contributed by atoms with Crippen LogP contribution in [0.25, 0.3) is 0 Å². The number of nitrogens with one attached hydrogen (secondary N) is 1. The number of sulfonamides is 1. The molecule has 0 bridgehead atoms. The van der Waals surface area contributed by atoms with Gasteiger partial charge >= 0.3 is 0 Å². The Morgan fingerprint density at radius 2 is 2.06 bits per heavy atom. The highest BCUT2D eigenvalue weighted by Gasteiger charge is 2.21. The van der Waals surface area contributed by atoms with E-state index in [4.69, 9.17) is 4.74 Å². The van der Waals surface area contributed by atoms with Gasteiger partial charge in [0.1, 0.15) is 0 Å². The van der Waals surface area contributed by atoms with Gasteiger partial charge in [0.15, 0.2) is 0 Å². The molecule has 0 spiro atoms. The Bertz CT molecular complexity index is 481. The Morgan fingerprint density at radius 1 is 1.33 bits per heavy atom. The molecule has 1 aromatic rings. The molecule has 1 aliphatic rings. The lowest BCUT2D eigenvalue weighted by Gasteiger charge is -2.22. The van der Waals surface area contributed by atoms with Gasteiger partial charge in [-0.1, -0.05) is 28.1 Å². The van der Waals surface area contributed by atoms with Crippen LogP contribution in [-0.2, 0) is 20.1 Å². The third-order valence-electron chi connectivity index (χ3n) is 2.87. The molecular weight excluding hydrogens is 318 g/mol. The van der Waals surface area contributed by atoms with Gasteiger partial charge in [-0.2, -0.15) is 0 Å². The summed E-state index contributed by atoms with van der Waals surface area (Å²) in [4.78, 5) is 0.303. The molecule has 0 aliphatic carbocycles. The van der Waals surface area contributed by atoms with Gasteiger partial charge in [0.2, 0.25) is 10.0 Å². The van der Waals surface area contributed by atoms with Gasteiger partial charge < -0.3 is 4.74 Å². The molecular formula is C12H16BrNO3S. The maximum Gasteiger partial charge on any atom is 0.240 e. The van der Waals surface area contributed by atoms with Crippen LogP contribution >= 0.6 is 15.9 Å². The van der Waals surface area contributed by atoms with Crippen LogP contribution < -0.4 is 4.72 Å². The molecule has 1 heterocycles. The van der Waals surface area contributed by atoms with Gasteiger partial charge in [0, 0.05) is 18.0 Å². The lowest BCUT2D eigenvalue weighted by molar-refractivity contribution is 0.0774. The van der Waals surface area contributed by atoms with E-state index >= 15 is 0 Å². The molecule has 0 saturated carbocycles. The first-order chi connectivity index (χ1) is 8.62. The summed E-state index contributed by atoms with van der Waals surface area (Å²) in [5, 5.41) is 0.719. The van der Waals surface area contributed by atoms with Crippen molar-refractivity contribution in [3.8, 4) is 0 Å². The van der Waals surface area contributed by atoms with E-state index in [2.05, 4.69) is 20.7 Å². The summed E-state index contributed by atoms with van der Waals surface area (Å²) < 4.78 is 32.2. The van der Waals surface area contributed by atoms with Crippen LogP contribution in [0.15, 0.2) is 29.2 Å². The first-order valence-electron chi connectivity index (χ1n) is 5.87. The number of alkyl halides is 1. The van der Waals surface area contributed by atoms with E-state index < -0.39 is 10.0 Å². The van der Waals surface area contributed by atoms with E-state index in [1.807, 2.05) is 0 Å². The fourth-order valence-corrected chi connectivity index (χ4v) is 3.51. The highest BCUT2D eigenvalue weighted by molar-refractivity contribution is 9.08. The summed E-state index contributed by atoms with van der Waals surface area (Å²) >= 11 is 3.33. The third kappa shape index (κ3) is 3.54. The zero-order chi connectivity index (χ0) is 13.0. The van der Waals surface area contributed by atoms with Crippen molar-refractivity contribution < 1.29 is 13.2 Å². The maximum atomic E-state index is 12.1. The number of ether oxygens (including phenoxy) is 1. The topological polar surface area (TPSA) is 55.4 Å². The maximum absolute atomic E-state index is 12.1. The average Bonchev–Trinajstić information content (AvgIpc) is 2.39. The second kappa shape index (κ2) is 6.14. The Balaban J connectivity index is 2.08. The summed E-state index contributed by atoms with van der Waals surface area (Å²) in [6.07, 6.45) is 1.73. The van der Waals surface area contributed by atoms with Crippen molar-refractivity contribution in [3.63, 3.8) is 0 Å². The molecule has 4 nitrogen and oxygen atoms in total. The molecule has 1 fully saturated rings. The van der Waals surface area contributed by atoms with E-state index in [1.165, 1.54) is 0 Å². The van der Waals surface area contributed by atoms with Crippen LogP contribution in [-0.4, -0.2) is 27.7 Å². The molecule has 1 aliphatic heterocycles. The molecule has 1 unspecified atom stereocenters. The largest absolute Gasteiger partial charge is 0.380 e. The van der Waals surface area contributed by atoms with Gasteiger partial charge in [-0.3, -0.25) is 0 Å². The highest BCUT2D eigenvalue weighted by atomic mass is 79.9. The van der Waals surface area contributed by atoms with Crippen LogP contribution in [0, 0.1) is 0 Å². The molecule has 18 heavy (non-hydrogen) atoms. The van der Waals surface area contributed by atoms with Crippen molar-refractivity contribution in [3.05, 3.63) is 29.8 Å². The second-order valence-electron chi connectivity index (χ2n) is 4.31. The molecule has 1 saturated heterocycles. The Labute approximate surface area is 116 Å². The Hall–Kier alpha value is -0.430. The molecule has 1 N–H and O–H groups in total. The Morgan fingerprint density at radius 3 is 2.61 bits per heavy atom. The summed E-state index contributed by atoms with van der Waals surface area (Å²) in [6.45, 7) is 1.18. The number of hydrogen-bond acceptors (Lipinski definition) is 3.